The van der Waals surface area contributed by atoms with E-state index in [1.165, 1.54) is 17.3 Å². The van der Waals surface area contributed by atoms with Crippen LogP contribution in [0.15, 0.2) is 41.8 Å². The number of rotatable bonds is 7. The van der Waals surface area contributed by atoms with Crippen LogP contribution in [0, 0.1) is 0 Å². The molecule has 7 nitrogen and oxygen atoms in total. The van der Waals surface area contributed by atoms with Gasteiger partial charge in [-0.25, -0.2) is 0 Å². The highest BCUT2D eigenvalue weighted by atomic mass is 32.2. The van der Waals surface area contributed by atoms with Gasteiger partial charge in [-0.15, -0.1) is 10.2 Å². The quantitative estimate of drug-likeness (QED) is 0.742. The molecule has 2 aromatic rings. The topological polar surface area (TPSA) is 80.1 Å². The van der Waals surface area contributed by atoms with Crippen LogP contribution in [-0.4, -0.2) is 56.4 Å². The maximum Gasteiger partial charge on any atom is 0.230 e. The lowest BCUT2D eigenvalue weighted by Gasteiger charge is -2.17. The molecule has 8 heteroatoms. The van der Waals surface area contributed by atoms with Gasteiger partial charge < -0.3 is 14.8 Å². The summed E-state index contributed by atoms with van der Waals surface area (Å²) in [4.78, 5) is 26.0. The minimum Gasteiger partial charge on any atom is -0.350 e. The molecule has 0 spiro atoms. The van der Waals surface area contributed by atoms with Gasteiger partial charge in [-0.2, -0.15) is 0 Å². The first kappa shape index (κ1) is 17.5. The molecule has 0 saturated carbocycles. The molecule has 1 atom stereocenters. The van der Waals surface area contributed by atoms with Gasteiger partial charge >= 0.3 is 0 Å². The third kappa shape index (κ3) is 4.82. The van der Waals surface area contributed by atoms with E-state index in [-0.39, 0.29) is 23.6 Å². The van der Waals surface area contributed by atoms with Crippen molar-refractivity contribution in [1.82, 2.24) is 25.0 Å². The Morgan fingerprint density at radius 3 is 2.88 bits per heavy atom. The molecular weight excluding hydrogens is 338 g/mol. The molecule has 1 saturated heterocycles. The highest BCUT2D eigenvalue weighted by Crippen LogP contribution is 2.15. The van der Waals surface area contributed by atoms with Crippen molar-refractivity contribution in [3.63, 3.8) is 0 Å². The van der Waals surface area contributed by atoms with Gasteiger partial charge in [0.25, 0.3) is 0 Å². The van der Waals surface area contributed by atoms with Crippen molar-refractivity contribution >= 4 is 23.6 Å². The van der Waals surface area contributed by atoms with Crippen LogP contribution in [0.5, 0.6) is 0 Å². The van der Waals surface area contributed by atoms with Crippen LogP contribution in [0.4, 0.5) is 0 Å². The molecule has 2 amide bonds. The first-order valence-corrected chi connectivity index (χ1v) is 9.18. The Kier molecular flexibility index (Phi) is 5.70. The number of hydrogen-bond acceptors (Lipinski definition) is 5. The van der Waals surface area contributed by atoms with E-state index in [2.05, 4.69) is 27.6 Å². The Bertz CT molecular complexity index is 734. The fraction of sp³-hybridized carbons (Fsp3) is 0.412. The highest BCUT2D eigenvalue weighted by molar-refractivity contribution is 7.99. The number of carbonyl (C=O) groups is 2. The van der Waals surface area contributed by atoms with Crippen LogP contribution in [-0.2, 0) is 23.1 Å². The van der Waals surface area contributed by atoms with Crippen molar-refractivity contribution < 1.29 is 9.59 Å². The number of benzene rings is 1. The Morgan fingerprint density at radius 2 is 2.16 bits per heavy atom. The van der Waals surface area contributed by atoms with Gasteiger partial charge in [0, 0.05) is 26.6 Å². The maximum absolute atomic E-state index is 12.1. The average Bonchev–Trinajstić information content (AvgIpc) is 3.17. The van der Waals surface area contributed by atoms with Gasteiger partial charge in [-0.3, -0.25) is 9.59 Å². The molecule has 2 heterocycles. The number of hydrogen-bond donors (Lipinski definition) is 1. The Labute approximate surface area is 150 Å². The molecule has 1 fully saturated rings. The van der Waals surface area contributed by atoms with E-state index in [1.807, 2.05) is 30.1 Å². The molecule has 1 aromatic heterocycles. The standard InChI is InChI=1S/C17H21N5O2S/c1-21-12-18-20-17(21)25-11-15(23)19-14-9-16(24)22(10-14)8-7-13-5-3-2-4-6-13/h2-6,12,14H,7-11H2,1H3,(H,19,23)/t14-/m0/s1. The average molecular weight is 359 g/mol. The van der Waals surface area contributed by atoms with Crippen LogP contribution < -0.4 is 5.32 Å². The number of amides is 2. The van der Waals surface area contributed by atoms with Crippen molar-refractivity contribution in [2.45, 2.75) is 24.0 Å². The molecule has 1 aliphatic rings. The first-order valence-electron chi connectivity index (χ1n) is 8.19. The van der Waals surface area contributed by atoms with Crippen LogP contribution in [0.1, 0.15) is 12.0 Å². The van der Waals surface area contributed by atoms with Gasteiger partial charge in [0.05, 0.1) is 11.8 Å². The Balaban J connectivity index is 1.42. The van der Waals surface area contributed by atoms with E-state index in [1.54, 1.807) is 10.9 Å². The predicted molar refractivity (Wildman–Crippen MR) is 95.0 cm³/mol. The molecule has 0 unspecified atom stereocenters. The zero-order valence-corrected chi connectivity index (χ0v) is 14.9. The van der Waals surface area contributed by atoms with Crippen molar-refractivity contribution in [3.05, 3.63) is 42.2 Å². The molecular formula is C17H21N5O2S. The van der Waals surface area contributed by atoms with Crippen LogP contribution in [0.2, 0.25) is 0 Å². The summed E-state index contributed by atoms with van der Waals surface area (Å²) < 4.78 is 1.77. The highest BCUT2D eigenvalue weighted by Gasteiger charge is 2.30. The smallest absolute Gasteiger partial charge is 0.230 e. The monoisotopic (exact) mass is 359 g/mol. The lowest BCUT2D eigenvalue weighted by Crippen LogP contribution is -2.38. The number of likely N-dealkylation sites (tertiary alicyclic amines) is 1. The molecule has 132 valence electrons. The van der Waals surface area contributed by atoms with E-state index in [4.69, 9.17) is 0 Å². The number of nitrogens with zero attached hydrogens (tertiary/aromatic N) is 4. The van der Waals surface area contributed by atoms with Crippen LogP contribution >= 0.6 is 11.8 Å². The number of nitrogens with one attached hydrogen (secondary N) is 1. The molecule has 0 radical (unpaired) electrons. The largest absolute Gasteiger partial charge is 0.350 e. The SMILES string of the molecule is Cn1cnnc1SCC(=O)N[C@H]1CC(=O)N(CCc2ccccc2)C1. The maximum atomic E-state index is 12.1. The molecule has 3 rings (SSSR count). The summed E-state index contributed by atoms with van der Waals surface area (Å²) in [6, 6.07) is 9.98. The predicted octanol–water partition coefficient (Wildman–Crippen LogP) is 0.867. The molecule has 25 heavy (non-hydrogen) atoms. The fourth-order valence-electron chi connectivity index (χ4n) is 2.80. The summed E-state index contributed by atoms with van der Waals surface area (Å²) in [5.74, 6) is 0.277. The lowest BCUT2D eigenvalue weighted by molar-refractivity contribution is -0.127. The number of thioether (sulfide) groups is 1. The molecule has 1 aliphatic heterocycles. The van der Waals surface area contributed by atoms with Crippen molar-refractivity contribution in [2.24, 2.45) is 7.05 Å². The molecule has 0 aliphatic carbocycles. The zero-order chi connectivity index (χ0) is 17.6. The summed E-state index contributed by atoms with van der Waals surface area (Å²) in [6.07, 6.45) is 2.80. The van der Waals surface area contributed by atoms with E-state index in [9.17, 15) is 9.59 Å². The minimum atomic E-state index is -0.115. The zero-order valence-electron chi connectivity index (χ0n) is 14.1. The second-order valence-electron chi connectivity index (χ2n) is 6.06. The fourth-order valence-corrected chi connectivity index (χ4v) is 3.50. The van der Waals surface area contributed by atoms with Gasteiger partial charge in [0.2, 0.25) is 11.8 Å². The van der Waals surface area contributed by atoms with E-state index < -0.39 is 0 Å². The number of aromatic nitrogens is 3. The lowest BCUT2D eigenvalue weighted by atomic mass is 10.1. The van der Waals surface area contributed by atoms with Crippen molar-refractivity contribution in [1.29, 1.82) is 0 Å². The Morgan fingerprint density at radius 1 is 1.36 bits per heavy atom. The van der Waals surface area contributed by atoms with Gasteiger partial charge in [0.1, 0.15) is 6.33 Å². The van der Waals surface area contributed by atoms with Crippen LogP contribution in [0.3, 0.4) is 0 Å². The summed E-state index contributed by atoms with van der Waals surface area (Å²) in [6.45, 7) is 1.26. The molecule has 1 aromatic carbocycles. The number of carbonyl (C=O) groups excluding carboxylic acids is 2. The second kappa shape index (κ2) is 8.15. The summed E-state index contributed by atoms with van der Waals surface area (Å²) in [7, 11) is 1.83. The van der Waals surface area contributed by atoms with Gasteiger partial charge in [-0.05, 0) is 12.0 Å². The van der Waals surface area contributed by atoms with E-state index in [0.29, 0.717) is 24.7 Å². The third-order valence-electron chi connectivity index (χ3n) is 4.10. The summed E-state index contributed by atoms with van der Waals surface area (Å²) in [5.41, 5.74) is 1.21. The van der Waals surface area contributed by atoms with E-state index >= 15 is 0 Å². The Hall–Kier alpha value is -2.35. The second-order valence-corrected chi connectivity index (χ2v) is 7.00. The third-order valence-corrected chi connectivity index (χ3v) is 5.13. The number of aryl methyl sites for hydroxylation is 1. The molecule has 0 bridgehead atoms. The first-order chi connectivity index (χ1) is 12.1. The van der Waals surface area contributed by atoms with Gasteiger partial charge in [-0.1, -0.05) is 42.1 Å². The summed E-state index contributed by atoms with van der Waals surface area (Å²) in [5, 5.41) is 11.3. The van der Waals surface area contributed by atoms with Gasteiger partial charge in [0.15, 0.2) is 5.16 Å². The molecule has 1 N–H and O–H groups in total. The van der Waals surface area contributed by atoms with E-state index in [0.717, 1.165) is 6.42 Å². The summed E-state index contributed by atoms with van der Waals surface area (Å²) >= 11 is 1.33. The normalized spacial score (nSPS) is 17.1. The minimum absolute atomic E-state index is 0.0873. The van der Waals surface area contributed by atoms with Crippen molar-refractivity contribution in [2.75, 3.05) is 18.8 Å². The van der Waals surface area contributed by atoms with Crippen molar-refractivity contribution in [3.8, 4) is 0 Å². The van der Waals surface area contributed by atoms with Crippen LogP contribution in [0.25, 0.3) is 0 Å².